The van der Waals surface area contributed by atoms with E-state index in [4.69, 9.17) is 17.0 Å². The van der Waals surface area contributed by atoms with Gasteiger partial charge in [0.25, 0.3) is 0 Å². The first-order valence-corrected chi connectivity index (χ1v) is 8.82. The average Bonchev–Trinajstić information content (AvgIpc) is 2.64. The van der Waals surface area contributed by atoms with E-state index in [0.29, 0.717) is 10.7 Å². The zero-order valence-electron chi connectivity index (χ0n) is 13.4. The minimum atomic E-state index is 0.677. The number of pyridine rings is 1. The molecule has 0 amide bonds. The number of nitrogens with zero attached hydrogens (tertiary/aromatic N) is 1. The Morgan fingerprint density at radius 2 is 1.80 bits per heavy atom. The Kier molecular flexibility index (Phi) is 5.53. The first kappa shape index (κ1) is 17.3. The number of halogens is 1. The summed E-state index contributed by atoms with van der Waals surface area (Å²) in [6.07, 6.45) is 1.31. The molecular formula is C20H16ClN3S. The summed E-state index contributed by atoms with van der Waals surface area (Å²) in [5, 5.41) is 12.3. The molecule has 0 aliphatic heterocycles. The van der Waals surface area contributed by atoms with E-state index in [9.17, 15) is 0 Å². The molecule has 0 unspecified atom stereocenters. The summed E-state index contributed by atoms with van der Waals surface area (Å²) < 4.78 is 0. The van der Waals surface area contributed by atoms with E-state index in [2.05, 4.69) is 16.9 Å². The largest absolute Gasteiger partial charge is 0.354 e. The highest BCUT2D eigenvalue weighted by molar-refractivity contribution is 7.99. The molecule has 0 bridgehead atoms. The fourth-order valence-electron chi connectivity index (χ4n) is 2.24. The van der Waals surface area contributed by atoms with E-state index in [1.165, 1.54) is 18.0 Å². The standard InChI is InChI=1S/C20H16ClN3S/c1-14(23-18-9-4-2-7-15(18)13-22)17-10-6-12-20(24-17)25-19-11-5-3-8-16(19)21/h2-13,22-23H,1H2. The topological polar surface area (TPSA) is 48.8 Å². The molecule has 124 valence electrons. The predicted octanol–water partition coefficient (Wildman–Crippen LogP) is 5.97. The second kappa shape index (κ2) is 8.01. The molecule has 0 spiro atoms. The second-order valence-electron chi connectivity index (χ2n) is 5.23. The maximum atomic E-state index is 7.49. The lowest BCUT2D eigenvalue weighted by Gasteiger charge is -2.12. The third kappa shape index (κ3) is 4.29. The summed E-state index contributed by atoms with van der Waals surface area (Å²) >= 11 is 7.73. The Morgan fingerprint density at radius 1 is 1.04 bits per heavy atom. The van der Waals surface area contributed by atoms with Crippen molar-refractivity contribution in [2.75, 3.05) is 5.32 Å². The van der Waals surface area contributed by atoms with Crippen LogP contribution in [0.5, 0.6) is 0 Å². The normalized spacial score (nSPS) is 10.3. The van der Waals surface area contributed by atoms with Crippen LogP contribution in [0.2, 0.25) is 5.02 Å². The average molecular weight is 366 g/mol. The number of benzene rings is 2. The first-order valence-electron chi connectivity index (χ1n) is 7.62. The van der Waals surface area contributed by atoms with Crippen LogP contribution in [0.1, 0.15) is 11.3 Å². The smallest absolute Gasteiger partial charge is 0.102 e. The molecule has 1 aromatic heterocycles. The van der Waals surface area contributed by atoms with Crippen LogP contribution in [-0.4, -0.2) is 11.2 Å². The predicted molar refractivity (Wildman–Crippen MR) is 107 cm³/mol. The van der Waals surface area contributed by atoms with Crippen LogP contribution in [0.15, 0.2) is 83.2 Å². The fraction of sp³-hybridized carbons (Fsp3) is 0. The van der Waals surface area contributed by atoms with Crippen molar-refractivity contribution in [1.29, 1.82) is 5.41 Å². The molecule has 5 heteroatoms. The SMILES string of the molecule is C=C(Nc1ccccc1C=N)c1cccc(Sc2ccccc2Cl)n1. The summed E-state index contributed by atoms with van der Waals surface area (Å²) in [4.78, 5) is 5.61. The highest BCUT2D eigenvalue weighted by Gasteiger charge is 2.07. The number of aromatic nitrogens is 1. The second-order valence-corrected chi connectivity index (χ2v) is 6.70. The minimum absolute atomic E-state index is 0.677. The molecular weight excluding hydrogens is 350 g/mol. The number of nitrogens with one attached hydrogen (secondary N) is 2. The monoisotopic (exact) mass is 365 g/mol. The molecule has 1 heterocycles. The maximum absolute atomic E-state index is 7.49. The molecule has 3 aromatic rings. The van der Waals surface area contributed by atoms with Gasteiger partial charge in [-0.2, -0.15) is 0 Å². The molecule has 25 heavy (non-hydrogen) atoms. The highest BCUT2D eigenvalue weighted by atomic mass is 35.5. The van der Waals surface area contributed by atoms with Crippen molar-refractivity contribution < 1.29 is 0 Å². The summed E-state index contributed by atoms with van der Waals surface area (Å²) in [6.45, 7) is 4.08. The summed E-state index contributed by atoms with van der Waals surface area (Å²) in [5.74, 6) is 0. The van der Waals surface area contributed by atoms with E-state index >= 15 is 0 Å². The van der Waals surface area contributed by atoms with Crippen molar-refractivity contribution in [2.24, 2.45) is 0 Å². The molecule has 2 aromatic carbocycles. The van der Waals surface area contributed by atoms with E-state index in [-0.39, 0.29) is 0 Å². The first-order chi connectivity index (χ1) is 12.2. The van der Waals surface area contributed by atoms with Gasteiger partial charge in [0.2, 0.25) is 0 Å². The Labute approximate surface area is 156 Å². The Bertz CT molecular complexity index is 924. The van der Waals surface area contributed by atoms with Crippen molar-refractivity contribution in [3.05, 3.63) is 89.6 Å². The molecule has 0 fully saturated rings. The van der Waals surface area contributed by atoms with Gasteiger partial charge in [-0.25, -0.2) is 4.98 Å². The van der Waals surface area contributed by atoms with Crippen LogP contribution in [-0.2, 0) is 0 Å². The number of hydrogen-bond acceptors (Lipinski definition) is 4. The van der Waals surface area contributed by atoms with Gasteiger partial charge in [0.1, 0.15) is 5.03 Å². The van der Waals surface area contributed by atoms with Gasteiger partial charge in [-0.05, 0) is 30.3 Å². The van der Waals surface area contributed by atoms with Crippen molar-refractivity contribution >= 4 is 41.0 Å². The molecule has 0 saturated heterocycles. The number of anilines is 1. The van der Waals surface area contributed by atoms with Crippen molar-refractivity contribution in [2.45, 2.75) is 9.92 Å². The maximum Gasteiger partial charge on any atom is 0.102 e. The van der Waals surface area contributed by atoms with Gasteiger partial charge < -0.3 is 10.7 Å². The Morgan fingerprint density at radius 3 is 2.60 bits per heavy atom. The van der Waals surface area contributed by atoms with Crippen LogP contribution in [0, 0.1) is 5.41 Å². The van der Waals surface area contributed by atoms with Gasteiger partial charge in [0.15, 0.2) is 0 Å². The Balaban J connectivity index is 1.80. The summed E-state index contributed by atoms with van der Waals surface area (Å²) in [6, 6.07) is 21.1. The summed E-state index contributed by atoms with van der Waals surface area (Å²) in [5.41, 5.74) is 3.05. The van der Waals surface area contributed by atoms with Crippen molar-refractivity contribution in [1.82, 2.24) is 4.98 Å². The van der Waals surface area contributed by atoms with Gasteiger partial charge in [-0.3, -0.25) is 0 Å². The number of hydrogen-bond donors (Lipinski definition) is 2. The third-order valence-corrected chi connectivity index (χ3v) is 4.94. The van der Waals surface area contributed by atoms with Crippen LogP contribution in [0.4, 0.5) is 5.69 Å². The summed E-state index contributed by atoms with van der Waals surface area (Å²) in [7, 11) is 0. The third-order valence-electron chi connectivity index (χ3n) is 3.49. The quantitative estimate of drug-likeness (QED) is 0.529. The van der Waals surface area contributed by atoms with Crippen LogP contribution in [0.25, 0.3) is 5.70 Å². The van der Waals surface area contributed by atoms with E-state index in [1.54, 1.807) is 0 Å². The zero-order chi connectivity index (χ0) is 17.6. The van der Waals surface area contributed by atoms with Crippen LogP contribution < -0.4 is 5.32 Å². The lowest BCUT2D eigenvalue weighted by Crippen LogP contribution is -2.02. The van der Waals surface area contributed by atoms with Crippen LogP contribution >= 0.6 is 23.4 Å². The Hall–Kier alpha value is -2.56. The highest BCUT2D eigenvalue weighted by Crippen LogP contribution is 2.32. The van der Waals surface area contributed by atoms with Gasteiger partial charge in [0, 0.05) is 22.4 Å². The van der Waals surface area contributed by atoms with Gasteiger partial charge >= 0.3 is 0 Å². The lowest BCUT2D eigenvalue weighted by molar-refractivity contribution is 1.10. The number of para-hydroxylation sites is 1. The van der Waals surface area contributed by atoms with E-state index in [0.717, 1.165) is 26.9 Å². The lowest BCUT2D eigenvalue weighted by atomic mass is 10.2. The molecule has 0 aliphatic carbocycles. The minimum Gasteiger partial charge on any atom is -0.354 e. The molecule has 0 atom stereocenters. The van der Waals surface area contributed by atoms with Gasteiger partial charge in [-0.15, -0.1) is 0 Å². The molecule has 0 aliphatic rings. The number of rotatable bonds is 6. The molecule has 0 saturated carbocycles. The molecule has 0 radical (unpaired) electrons. The fourth-order valence-corrected chi connectivity index (χ4v) is 3.32. The molecule has 3 nitrogen and oxygen atoms in total. The van der Waals surface area contributed by atoms with Crippen molar-refractivity contribution in [3.8, 4) is 0 Å². The van der Waals surface area contributed by atoms with E-state index < -0.39 is 0 Å². The molecule has 2 N–H and O–H groups in total. The van der Waals surface area contributed by atoms with Crippen molar-refractivity contribution in [3.63, 3.8) is 0 Å². The van der Waals surface area contributed by atoms with E-state index in [1.807, 2.05) is 66.7 Å². The van der Waals surface area contributed by atoms with Gasteiger partial charge in [-0.1, -0.05) is 66.3 Å². The van der Waals surface area contributed by atoms with Crippen LogP contribution in [0.3, 0.4) is 0 Å². The van der Waals surface area contributed by atoms with Gasteiger partial charge in [0.05, 0.1) is 16.4 Å². The molecule has 3 rings (SSSR count). The zero-order valence-corrected chi connectivity index (χ0v) is 14.9.